The van der Waals surface area contributed by atoms with Gasteiger partial charge >= 0.3 is 0 Å². The first kappa shape index (κ1) is 11.9. The molecule has 0 aliphatic rings. The molecule has 3 heteroatoms. The molecule has 1 aromatic carbocycles. The summed E-state index contributed by atoms with van der Waals surface area (Å²) in [6.07, 6.45) is 2.37. The van der Waals surface area contributed by atoms with Crippen molar-refractivity contribution >= 4 is 6.29 Å². The van der Waals surface area contributed by atoms with E-state index in [0.717, 1.165) is 5.56 Å². The van der Waals surface area contributed by atoms with Gasteiger partial charge < -0.3 is 10.8 Å². The maximum absolute atomic E-state index is 10.0. The summed E-state index contributed by atoms with van der Waals surface area (Å²) in [7, 11) is 0. The quantitative estimate of drug-likeness (QED) is 0.724. The third-order valence-electron chi connectivity index (χ3n) is 2.35. The van der Waals surface area contributed by atoms with Gasteiger partial charge in [0.05, 0.1) is 6.10 Å². The van der Waals surface area contributed by atoms with E-state index in [4.69, 9.17) is 5.73 Å². The minimum atomic E-state index is -0.633. The molecule has 15 heavy (non-hydrogen) atoms. The van der Waals surface area contributed by atoms with E-state index in [-0.39, 0.29) is 12.5 Å². The standard InChI is InChI=1S/C12H16NO2/c13-11(12(15)7-4-8-14)9-10-5-2-1-3-6-10/h1-3,5-6,11-12,15H,4,7,9,13H2/t11-,12?/m0/s1. The van der Waals surface area contributed by atoms with Crippen molar-refractivity contribution in [2.24, 2.45) is 5.73 Å². The number of aliphatic hydroxyl groups excluding tert-OH is 1. The Balaban J connectivity index is 2.41. The highest BCUT2D eigenvalue weighted by Crippen LogP contribution is 2.07. The van der Waals surface area contributed by atoms with Crippen LogP contribution in [0, 0.1) is 0 Å². The SMILES string of the molecule is N[C@@H](Cc1ccccc1)C(O)CC[C]=O. The lowest BCUT2D eigenvalue weighted by Gasteiger charge is -2.17. The van der Waals surface area contributed by atoms with Crippen LogP contribution >= 0.6 is 0 Å². The molecular weight excluding hydrogens is 190 g/mol. The van der Waals surface area contributed by atoms with E-state index in [1.807, 2.05) is 30.3 Å². The average Bonchev–Trinajstić information content (AvgIpc) is 2.27. The molecule has 0 bridgehead atoms. The first-order chi connectivity index (χ1) is 7.24. The topological polar surface area (TPSA) is 63.3 Å². The lowest BCUT2D eigenvalue weighted by atomic mass is 9.99. The largest absolute Gasteiger partial charge is 0.391 e. The lowest BCUT2D eigenvalue weighted by molar-refractivity contribution is 0.136. The first-order valence-electron chi connectivity index (χ1n) is 5.06. The minimum Gasteiger partial charge on any atom is -0.391 e. The van der Waals surface area contributed by atoms with Gasteiger partial charge in [-0.15, -0.1) is 0 Å². The molecule has 1 unspecified atom stereocenters. The Morgan fingerprint density at radius 3 is 2.60 bits per heavy atom. The molecule has 0 aromatic heterocycles. The van der Waals surface area contributed by atoms with Crippen LogP contribution in [0.4, 0.5) is 0 Å². The van der Waals surface area contributed by atoms with E-state index in [1.165, 1.54) is 0 Å². The molecule has 3 nitrogen and oxygen atoms in total. The van der Waals surface area contributed by atoms with E-state index >= 15 is 0 Å². The molecule has 0 spiro atoms. The summed E-state index contributed by atoms with van der Waals surface area (Å²) in [6.45, 7) is 0. The van der Waals surface area contributed by atoms with Crippen LogP contribution in [0.1, 0.15) is 18.4 Å². The smallest absolute Gasteiger partial charge is 0.198 e. The molecule has 0 amide bonds. The maximum Gasteiger partial charge on any atom is 0.198 e. The van der Waals surface area contributed by atoms with E-state index < -0.39 is 6.10 Å². The molecule has 0 aliphatic carbocycles. The third-order valence-corrected chi connectivity index (χ3v) is 2.35. The molecule has 1 rings (SSSR count). The Morgan fingerprint density at radius 1 is 1.33 bits per heavy atom. The first-order valence-corrected chi connectivity index (χ1v) is 5.06. The van der Waals surface area contributed by atoms with Crippen LogP contribution in [-0.2, 0) is 11.2 Å². The molecule has 0 fully saturated rings. The van der Waals surface area contributed by atoms with Gasteiger partial charge in [0.2, 0.25) is 0 Å². The summed E-state index contributed by atoms with van der Waals surface area (Å²) in [5.74, 6) is 0. The molecule has 1 aromatic rings. The molecule has 0 aliphatic heterocycles. The predicted octanol–water partition coefficient (Wildman–Crippen LogP) is 0.807. The molecule has 1 radical (unpaired) electrons. The Labute approximate surface area is 89.9 Å². The zero-order valence-electron chi connectivity index (χ0n) is 8.60. The second-order valence-corrected chi connectivity index (χ2v) is 3.60. The van der Waals surface area contributed by atoms with Gasteiger partial charge in [-0.1, -0.05) is 30.3 Å². The van der Waals surface area contributed by atoms with Gasteiger partial charge in [-0.3, -0.25) is 4.79 Å². The number of benzene rings is 1. The van der Waals surface area contributed by atoms with Crippen molar-refractivity contribution < 1.29 is 9.90 Å². The van der Waals surface area contributed by atoms with Crippen molar-refractivity contribution in [2.45, 2.75) is 31.4 Å². The van der Waals surface area contributed by atoms with Crippen molar-refractivity contribution in [3.05, 3.63) is 35.9 Å². The molecule has 3 N–H and O–H groups in total. The zero-order valence-corrected chi connectivity index (χ0v) is 8.60. The van der Waals surface area contributed by atoms with Crippen molar-refractivity contribution in [1.82, 2.24) is 0 Å². The molecular formula is C12H16NO2. The van der Waals surface area contributed by atoms with E-state index in [2.05, 4.69) is 0 Å². The molecule has 0 saturated heterocycles. The summed E-state index contributed by atoms with van der Waals surface area (Å²) in [6, 6.07) is 9.44. The van der Waals surface area contributed by atoms with Gasteiger partial charge in [-0.05, 0) is 18.4 Å². The summed E-state index contributed by atoms with van der Waals surface area (Å²) in [4.78, 5) is 10.0. The lowest BCUT2D eigenvalue weighted by Crippen LogP contribution is -2.36. The number of hydrogen-bond acceptors (Lipinski definition) is 3. The van der Waals surface area contributed by atoms with Crippen LogP contribution in [-0.4, -0.2) is 23.5 Å². The second-order valence-electron chi connectivity index (χ2n) is 3.60. The van der Waals surface area contributed by atoms with Crippen LogP contribution in [0.25, 0.3) is 0 Å². The second kappa shape index (κ2) is 6.32. The van der Waals surface area contributed by atoms with Gasteiger partial charge in [-0.25, -0.2) is 0 Å². The molecule has 81 valence electrons. The highest BCUT2D eigenvalue weighted by atomic mass is 16.3. The van der Waals surface area contributed by atoms with Crippen LogP contribution in [0.2, 0.25) is 0 Å². The molecule has 0 heterocycles. The monoisotopic (exact) mass is 206 g/mol. The van der Waals surface area contributed by atoms with Gasteiger partial charge in [0, 0.05) is 12.5 Å². The fraction of sp³-hybridized carbons (Fsp3) is 0.417. The molecule has 0 saturated carbocycles. The highest BCUT2D eigenvalue weighted by molar-refractivity contribution is 5.50. The van der Waals surface area contributed by atoms with Crippen LogP contribution < -0.4 is 5.73 Å². The summed E-state index contributed by atoms with van der Waals surface area (Å²) >= 11 is 0. The van der Waals surface area contributed by atoms with Gasteiger partial charge in [0.1, 0.15) is 0 Å². The normalized spacial score (nSPS) is 14.5. The summed E-state index contributed by atoms with van der Waals surface area (Å²) < 4.78 is 0. The minimum absolute atomic E-state index is 0.240. The van der Waals surface area contributed by atoms with Gasteiger partial charge in [-0.2, -0.15) is 0 Å². The van der Waals surface area contributed by atoms with Crippen LogP contribution in [0.5, 0.6) is 0 Å². The number of nitrogens with two attached hydrogens (primary N) is 1. The fourth-order valence-electron chi connectivity index (χ4n) is 1.44. The number of carbonyl (C=O) groups excluding carboxylic acids is 1. The number of rotatable bonds is 6. The number of aliphatic hydroxyl groups is 1. The Bertz CT molecular complexity index is 287. The maximum atomic E-state index is 10.0. The van der Waals surface area contributed by atoms with E-state index in [1.54, 1.807) is 6.29 Å². The molecule has 2 atom stereocenters. The third kappa shape index (κ3) is 4.23. The van der Waals surface area contributed by atoms with Crippen molar-refractivity contribution in [3.8, 4) is 0 Å². The summed E-state index contributed by atoms with van der Waals surface area (Å²) in [5.41, 5.74) is 6.91. The Kier molecular flexibility index (Phi) is 5.01. The zero-order chi connectivity index (χ0) is 11.1. The Hall–Kier alpha value is -1.19. The highest BCUT2D eigenvalue weighted by Gasteiger charge is 2.14. The van der Waals surface area contributed by atoms with E-state index in [0.29, 0.717) is 12.8 Å². The summed E-state index contributed by atoms with van der Waals surface area (Å²) in [5, 5.41) is 9.61. The van der Waals surface area contributed by atoms with E-state index in [9.17, 15) is 9.90 Å². The predicted molar refractivity (Wildman–Crippen MR) is 59.1 cm³/mol. The average molecular weight is 206 g/mol. The van der Waals surface area contributed by atoms with Crippen molar-refractivity contribution in [1.29, 1.82) is 0 Å². The van der Waals surface area contributed by atoms with Crippen molar-refractivity contribution in [2.75, 3.05) is 0 Å². The van der Waals surface area contributed by atoms with Gasteiger partial charge in [0.25, 0.3) is 0 Å². The number of hydrogen-bond donors (Lipinski definition) is 2. The Morgan fingerprint density at radius 2 is 2.00 bits per heavy atom. The van der Waals surface area contributed by atoms with Crippen molar-refractivity contribution in [3.63, 3.8) is 0 Å². The van der Waals surface area contributed by atoms with Gasteiger partial charge in [0.15, 0.2) is 6.29 Å². The fourth-order valence-corrected chi connectivity index (χ4v) is 1.44. The van der Waals surface area contributed by atoms with Crippen LogP contribution in [0.15, 0.2) is 30.3 Å². The van der Waals surface area contributed by atoms with Crippen LogP contribution in [0.3, 0.4) is 0 Å².